The molecule has 1 atom stereocenters. The Labute approximate surface area is 179 Å². The lowest BCUT2D eigenvalue weighted by atomic mass is 10.0. The minimum absolute atomic E-state index is 0.0921. The number of carbonyl (C=O) groups excluding carboxylic acids is 1. The molecular formula is C21H23ClN4O4. The fourth-order valence-corrected chi connectivity index (χ4v) is 3.10. The molecule has 0 saturated heterocycles. The number of halogens is 1. The number of rotatable bonds is 8. The van der Waals surface area contributed by atoms with Crippen LogP contribution in [0.5, 0.6) is 5.88 Å². The van der Waals surface area contributed by atoms with Crippen molar-refractivity contribution in [3.63, 3.8) is 0 Å². The van der Waals surface area contributed by atoms with E-state index in [1.54, 1.807) is 24.4 Å². The average molecular weight is 431 g/mol. The molecule has 0 radical (unpaired) electrons. The molecule has 1 aromatic carbocycles. The summed E-state index contributed by atoms with van der Waals surface area (Å²) in [4.78, 5) is 25.7. The summed E-state index contributed by atoms with van der Waals surface area (Å²) < 4.78 is 11.6. The van der Waals surface area contributed by atoms with E-state index in [0.29, 0.717) is 28.6 Å². The highest BCUT2D eigenvalue weighted by Crippen LogP contribution is 2.26. The molecule has 9 heteroatoms. The predicted octanol–water partition coefficient (Wildman–Crippen LogP) is 2.97. The van der Waals surface area contributed by atoms with Crippen LogP contribution in [0.2, 0.25) is 5.02 Å². The van der Waals surface area contributed by atoms with Gasteiger partial charge in [-0.25, -0.2) is 9.98 Å². The molecule has 2 heterocycles. The van der Waals surface area contributed by atoms with E-state index < -0.39 is 0 Å². The number of ether oxygens (including phenoxy) is 2. The van der Waals surface area contributed by atoms with Gasteiger partial charge in [0.25, 0.3) is 5.91 Å². The summed E-state index contributed by atoms with van der Waals surface area (Å²) in [5, 5.41) is 6.74. The van der Waals surface area contributed by atoms with Gasteiger partial charge < -0.3 is 19.6 Å². The highest BCUT2D eigenvalue weighted by molar-refractivity contribution is 6.45. The smallest absolute Gasteiger partial charge is 0.273 e. The van der Waals surface area contributed by atoms with Gasteiger partial charge in [-0.15, -0.1) is 0 Å². The minimum atomic E-state index is -0.368. The molecular weight excluding hydrogens is 408 g/mol. The van der Waals surface area contributed by atoms with Gasteiger partial charge in [0.15, 0.2) is 5.71 Å². The lowest BCUT2D eigenvalue weighted by Crippen LogP contribution is -2.29. The van der Waals surface area contributed by atoms with E-state index in [2.05, 4.69) is 27.4 Å². The van der Waals surface area contributed by atoms with Gasteiger partial charge in [0.05, 0.1) is 12.1 Å². The number of nitrogens with one attached hydrogen (secondary N) is 1. The number of pyridine rings is 1. The fourth-order valence-electron chi connectivity index (χ4n) is 2.88. The summed E-state index contributed by atoms with van der Waals surface area (Å²) in [5.74, 6) is 0.442. The van der Waals surface area contributed by atoms with E-state index >= 15 is 0 Å². The second kappa shape index (κ2) is 10.1. The van der Waals surface area contributed by atoms with Crippen LogP contribution in [0.25, 0.3) is 0 Å². The highest BCUT2D eigenvalue weighted by Gasteiger charge is 2.21. The summed E-state index contributed by atoms with van der Waals surface area (Å²) in [6.07, 6.45) is 2.60. The molecule has 0 spiro atoms. The zero-order chi connectivity index (χ0) is 21.5. The van der Waals surface area contributed by atoms with Gasteiger partial charge in [0, 0.05) is 18.8 Å². The summed E-state index contributed by atoms with van der Waals surface area (Å²) >= 11 is 6.36. The molecule has 1 aliphatic rings. The Bertz CT molecular complexity index is 977. The van der Waals surface area contributed by atoms with E-state index in [1.165, 1.54) is 14.2 Å². The van der Waals surface area contributed by atoms with Crippen LogP contribution in [0, 0.1) is 0 Å². The third kappa shape index (κ3) is 4.88. The van der Waals surface area contributed by atoms with E-state index in [4.69, 9.17) is 25.9 Å². The molecule has 1 unspecified atom stereocenters. The van der Waals surface area contributed by atoms with Crippen LogP contribution in [0.3, 0.4) is 0 Å². The van der Waals surface area contributed by atoms with Crippen molar-refractivity contribution in [1.29, 1.82) is 0 Å². The molecule has 1 aliphatic heterocycles. The Morgan fingerprint density at radius 2 is 2.20 bits per heavy atom. The van der Waals surface area contributed by atoms with Crippen LogP contribution in [-0.4, -0.2) is 49.3 Å². The third-order valence-electron chi connectivity index (χ3n) is 4.49. The SMILES string of the molecule is CCC1CN=C(c2cnc(OCc3ccccc3/C(=N/OC)C(=O)NC)c(Cl)c2)O1. The molecule has 2 aromatic rings. The molecule has 0 fully saturated rings. The van der Waals surface area contributed by atoms with E-state index in [0.717, 1.165) is 12.0 Å². The summed E-state index contributed by atoms with van der Waals surface area (Å²) in [6.45, 7) is 2.82. The number of nitrogens with zero attached hydrogens (tertiary/aromatic N) is 3. The van der Waals surface area contributed by atoms with Gasteiger partial charge in [0.1, 0.15) is 24.8 Å². The number of aliphatic imine (C=N–C) groups is 1. The second-order valence-electron chi connectivity index (χ2n) is 6.45. The quantitative estimate of drug-likeness (QED) is 0.513. The average Bonchev–Trinajstić information content (AvgIpc) is 3.26. The first-order chi connectivity index (χ1) is 14.6. The van der Waals surface area contributed by atoms with E-state index in [1.807, 2.05) is 12.1 Å². The molecule has 8 nitrogen and oxygen atoms in total. The molecule has 3 rings (SSSR count). The molecule has 0 saturated carbocycles. The lowest BCUT2D eigenvalue weighted by molar-refractivity contribution is -0.114. The van der Waals surface area contributed by atoms with Crippen molar-refractivity contribution >= 4 is 29.1 Å². The first-order valence-electron chi connectivity index (χ1n) is 9.48. The number of carbonyl (C=O) groups is 1. The zero-order valence-electron chi connectivity index (χ0n) is 17.0. The maximum absolute atomic E-state index is 12.2. The molecule has 30 heavy (non-hydrogen) atoms. The van der Waals surface area contributed by atoms with Crippen molar-refractivity contribution in [2.75, 3.05) is 20.7 Å². The Balaban J connectivity index is 1.77. The number of likely N-dealkylation sites (N-methyl/N-ethyl adjacent to an activating group) is 1. The first kappa shape index (κ1) is 21.6. The molecule has 1 N–H and O–H groups in total. The highest BCUT2D eigenvalue weighted by atomic mass is 35.5. The van der Waals surface area contributed by atoms with Gasteiger partial charge in [-0.1, -0.05) is 47.9 Å². The van der Waals surface area contributed by atoms with Crippen LogP contribution in [0.1, 0.15) is 30.0 Å². The van der Waals surface area contributed by atoms with Crippen molar-refractivity contribution in [3.05, 3.63) is 58.2 Å². The Hall–Kier alpha value is -3.13. The summed E-state index contributed by atoms with van der Waals surface area (Å²) in [6, 6.07) is 8.96. The van der Waals surface area contributed by atoms with Crippen molar-refractivity contribution in [2.24, 2.45) is 10.1 Å². The van der Waals surface area contributed by atoms with Gasteiger partial charge in [-0.2, -0.15) is 0 Å². The van der Waals surface area contributed by atoms with Crippen LogP contribution in [0.15, 0.2) is 46.7 Å². The Morgan fingerprint density at radius 1 is 1.40 bits per heavy atom. The molecule has 0 aliphatic carbocycles. The maximum Gasteiger partial charge on any atom is 0.273 e. The number of hydrogen-bond donors (Lipinski definition) is 1. The maximum atomic E-state index is 12.2. The van der Waals surface area contributed by atoms with Gasteiger partial charge >= 0.3 is 0 Å². The van der Waals surface area contributed by atoms with Crippen molar-refractivity contribution < 1.29 is 19.1 Å². The topological polar surface area (TPSA) is 94.4 Å². The monoisotopic (exact) mass is 430 g/mol. The minimum Gasteiger partial charge on any atom is -0.472 e. The zero-order valence-corrected chi connectivity index (χ0v) is 17.8. The Morgan fingerprint density at radius 3 is 2.87 bits per heavy atom. The normalized spacial score (nSPS) is 15.9. The summed E-state index contributed by atoms with van der Waals surface area (Å²) in [5.41, 5.74) is 2.17. The predicted molar refractivity (Wildman–Crippen MR) is 114 cm³/mol. The second-order valence-corrected chi connectivity index (χ2v) is 6.86. The standard InChI is InChI=1S/C21H23ClN4O4/c1-4-15-11-25-20(30-15)14-9-17(22)21(24-10-14)29-12-13-7-5-6-8-16(13)18(26-28-3)19(27)23-2/h5-10,15H,4,11-12H2,1-3H3,(H,23,27)/b26-18-. The lowest BCUT2D eigenvalue weighted by Gasteiger charge is -2.13. The molecule has 1 aromatic heterocycles. The first-order valence-corrected chi connectivity index (χ1v) is 9.86. The van der Waals surface area contributed by atoms with E-state index in [-0.39, 0.29) is 30.2 Å². The van der Waals surface area contributed by atoms with Crippen LogP contribution >= 0.6 is 11.6 Å². The number of oxime groups is 1. The van der Waals surface area contributed by atoms with Crippen molar-refractivity contribution in [2.45, 2.75) is 26.1 Å². The number of benzene rings is 1. The van der Waals surface area contributed by atoms with E-state index in [9.17, 15) is 4.79 Å². The van der Waals surface area contributed by atoms with Crippen LogP contribution in [-0.2, 0) is 21.0 Å². The van der Waals surface area contributed by atoms with Crippen LogP contribution < -0.4 is 10.1 Å². The fraction of sp³-hybridized carbons (Fsp3) is 0.333. The summed E-state index contributed by atoms with van der Waals surface area (Å²) in [7, 11) is 2.91. The number of amides is 1. The largest absolute Gasteiger partial charge is 0.472 e. The van der Waals surface area contributed by atoms with Gasteiger partial charge in [-0.3, -0.25) is 4.79 Å². The number of hydrogen-bond acceptors (Lipinski definition) is 7. The molecule has 0 bridgehead atoms. The third-order valence-corrected chi connectivity index (χ3v) is 4.76. The van der Waals surface area contributed by atoms with Gasteiger partial charge in [-0.05, 0) is 18.1 Å². The molecule has 158 valence electrons. The van der Waals surface area contributed by atoms with Crippen molar-refractivity contribution in [1.82, 2.24) is 10.3 Å². The van der Waals surface area contributed by atoms with Crippen LogP contribution in [0.4, 0.5) is 0 Å². The van der Waals surface area contributed by atoms with Gasteiger partial charge in [0.2, 0.25) is 11.8 Å². The van der Waals surface area contributed by atoms with Crippen molar-refractivity contribution in [3.8, 4) is 5.88 Å². The number of aromatic nitrogens is 1. The molecule has 1 amide bonds. The Kier molecular flexibility index (Phi) is 7.24.